The van der Waals surface area contributed by atoms with E-state index in [1.807, 2.05) is 66.0 Å². The molecule has 3 aromatic carbocycles. The van der Waals surface area contributed by atoms with Crippen molar-refractivity contribution in [2.24, 2.45) is 0 Å². The third-order valence-electron chi connectivity index (χ3n) is 5.16. The van der Waals surface area contributed by atoms with Crippen LogP contribution in [-0.4, -0.2) is 5.91 Å². The number of nitrogens with zero attached hydrogens (tertiary/aromatic N) is 1. The van der Waals surface area contributed by atoms with Gasteiger partial charge in [-0.3, -0.25) is 9.69 Å². The molecular formula is C24H15F2NOS. The largest absolute Gasteiger partial charge is 0.295 e. The smallest absolute Gasteiger partial charge is 0.262 e. The summed E-state index contributed by atoms with van der Waals surface area (Å²) in [5.41, 5.74) is 3.28. The minimum Gasteiger partial charge on any atom is -0.295 e. The van der Waals surface area contributed by atoms with Crippen LogP contribution < -0.4 is 4.90 Å². The van der Waals surface area contributed by atoms with Crippen molar-refractivity contribution < 1.29 is 13.6 Å². The molecular weight excluding hydrogens is 388 g/mol. The van der Waals surface area contributed by atoms with Crippen molar-refractivity contribution in [1.29, 1.82) is 0 Å². The first-order valence-corrected chi connectivity index (χ1v) is 10.0. The van der Waals surface area contributed by atoms with E-state index in [0.717, 1.165) is 39.8 Å². The Kier molecular flexibility index (Phi) is 4.25. The fourth-order valence-corrected chi connectivity index (χ4v) is 4.75. The molecule has 0 radical (unpaired) electrons. The first kappa shape index (κ1) is 17.8. The fraction of sp³-hybridized carbons (Fsp3) is 0.0417. The Morgan fingerprint density at radius 3 is 2.41 bits per heavy atom. The number of para-hydroxylation sites is 1. The van der Waals surface area contributed by atoms with Crippen LogP contribution in [-0.2, 0) is 0 Å². The second-order valence-corrected chi connectivity index (χ2v) is 7.80. The fourth-order valence-electron chi connectivity index (χ4n) is 3.92. The SMILES string of the molecule is O=C(c1cc(F)ccc1F)N1c2ccccc2-c2ccccc2C1c1cccs1. The molecule has 0 saturated carbocycles. The van der Waals surface area contributed by atoms with Gasteiger partial charge in [-0.2, -0.15) is 0 Å². The van der Waals surface area contributed by atoms with E-state index in [9.17, 15) is 13.6 Å². The average molecular weight is 403 g/mol. The van der Waals surface area contributed by atoms with Gasteiger partial charge < -0.3 is 0 Å². The maximum atomic E-state index is 14.5. The Hall–Kier alpha value is -3.31. The third-order valence-corrected chi connectivity index (χ3v) is 6.08. The molecule has 0 saturated heterocycles. The van der Waals surface area contributed by atoms with E-state index in [1.165, 1.54) is 11.3 Å². The van der Waals surface area contributed by atoms with Gasteiger partial charge in [0, 0.05) is 10.4 Å². The molecule has 142 valence electrons. The van der Waals surface area contributed by atoms with Gasteiger partial charge in [0.05, 0.1) is 17.3 Å². The van der Waals surface area contributed by atoms with E-state index in [2.05, 4.69) is 0 Å². The second kappa shape index (κ2) is 6.94. The van der Waals surface area contributed by atoms with Crippen molar-refractivity contribution in [2.45, 2.75) is 6.04 Å². The van der Waals surface area contributed by atoms with Crippen LogP contribution in [0.3, 0.4) is 0 Å². The minimum atomic E-state index is -0.738. The predicted molar refractivity (Wildman–Crippen MR) is 111 cm³/mol. The Balaban J connectivity index is 1.78. The van der Waals surface area contributed by atoms with Gasteiger partial charge >= 0.3 is 0 Å². The van der Waals surface area contributed by atoms with Gasteiger partial charge in [-0.05, 0) is 46.8 Å². The van der Waals surface area contributed by atoms with Crippen molar-refractivity contribution in [3.8, 4) is 11.1 Å². The monoisotopic (exact) mass is 403 g/mol. The van der Waals surface area contributed by atoms with Crippen molar-refractivity contribution in [1.82, 2.24) is 0 Å². The maximum absolute atomic E-state index is 14.5. The van der Waals surface area contributed by atoms with Crippen LogP contribution >= 0.6 is 11.3 Å². The van der Waals surface area contributed by atoms with Crippen LogP contribution in [0.1, 0.15) is 26.8 Å². The molecule has 5 heteroatoms. The molecule has 2 heterocycles. The van der Waals surface area contributed by atoms with E-state index in [1.54, 1.807) is 4.90 Å². The lowest BCUT2D eigenvalue weighted by molar-refractivity contribution is 0.0975. The Morgan fingerprint density at radius 1 is 0.862 bits per heavy atom. The molecule has 29 heavy (non-hydrogen) atoms. The lowest BCUT2D eigenvalue weighted by atomic mass is 9.87. The van der Waals surface area contributed by atoms with Gasteiger partial charge in [-0.15, -0.1) is 11.3 Å². The second-order valence-electron chi connectivity index (χ2n) is 6.82. The van der Waals surface area contributed by atoms with Gasteiger partial charge in [0.1, 0.15) is 11.6 Å². The zero-order chi connectivity index (χ0) is 20.0. The van der Waals surface area contributed by atoms with E-state index < -0.39 is 23.6 Å². The van der Waals surface area contributed by atoms with Crippen LogP contribution in [0.15, 0.2) is 84.2 Å². The van der Waals surface area contributed by atoms with Crippen molar-refractivity contribution >= 4 is 22.9 Å². The molecule has 0 N–H and O–H groups in total. The highest BCUT2D eigenvalue weighted by Crippen LogP contribution is 2.48. The number of thiophene rings is 1. The quantitative estimate of drug-likeness (QED) is 0.377. The highest BCUT2D eigenvalue weighted by molar-refractivity contribution is 7.10. The number of halogens is 2. The zero-order valence-electron chi connectivity index (χ0n) is 15.2. The standard InChI is InChI=1S/C24H15F2NOS/c25-15-11-12-20(26)19(14-15)24(28)27-21-9-4-3-7-17(21)16-6-1-2-8-18(16)23(27)22-10-5-13-29-22/h1-14,23H. The van der Waals surface area contributed by atoms with Gasteiger partial charge in [0.15, 0.2) is 0 Å². The number of hydrogen-bond acceptors (Lipinski definition) is 2. The number of anilines is 1. The van der Waals surface area contributed by atoms with E-state index in [-0.39, 0.29) is 5.56 Å². The Labute approximate surface area is 170 Å². The number of fused-ring (bicyclic) bond motifs is 3. The Bertz CT molecular complexity index is 1220. The highest BCUT2D eigenvalue weighted by atomic mass is 32.1. The number of benzene rings is 3. The van der Waals surface area contributed by atoms with Gasteiger partial charge in [0.2, 0.25) is 0 Å². The van der Waals surface area contributed by atoms with E-state index >= 15 is 0 Å². The number of carbonyl (C=O) groups is 1. The molecule has 1 aliphatic heterocycles. The summed E-state index contributed by atoms with van der Waals surface area (Å²) < 4.78 is 28.3. The highest BCUT2D eigenvalue weighted by Gasteiger charge is 2.37. The lowest BCUT2D eigenvalue weighted by Gasteiger charge is -2.38. The summed E-state index contributed by atoms with van der Waals surface area (Å²) in [6.45, 7) is 0. The Morgan fingerprint density at radius 2 is 1.62 bits per heavy atom. The van der Waals surface area contributed by atoms with E-state index in [4.69, 9.17) is 0 Å². The molecule has 0 aliphatic carbocycles. The molecule has 2 nitrogen and oxygen atoms in total. The maximum Gasteiger partial charge on any atom is 0.262 e. The summed E-state index contributed by atoms with van der Waals surface area (Å²) >= 11 is 1.53. The minimum absolute atomic E-state index is 0.277. The third kappa shape index (κ3) is 2.86. The summed E-state index contributed by atoms with van der Waals surface area (Å²) in [5, 5.41) is 1.95. The van der Waals surface area contributed by atoms with Crippen LogP contribution in [0.2, 0.25) is 0 Å². The summed E-state index contributed by atoms with van der Waals surface area (Å²) in [4.78, 5) is 16.1. The number of hydrogen-bond donors (Lipinski definition) is 0. The van der Waals surface area contributed by atoms with Crippen LogP contribution in [0.4, 0.5) is 14.5 Å². The molecule has 1 aliphatic rings. The van der Waals surface area contributed by atoms with Gasteiger partial charge in [-0.25, -0.2) is 8.78 Å². The summed E-state index contributed by atoms with van der Waals surface area (Å²) in [6.07, 6.45) is 0. The van der Waals surface area contributed by atoms with Crippen molar-refractivity contribution in [3.05, 3.63) is 112 Å². The predicted octanol–water partition coefficient (Wildman–Crippen LogP) is 6.44. The van der Waals surface area contributed by atoms with Crippen LogP contribution in [0, 0.1) is 11.6 Å². The molecule has 0 fully saturated rings. The molecule has 1 atom stereocenters. The molecule has 1 aromatic heterocycles. The number of rotatable bonds is 2. The van der Waals surface area contributed by atoms with E-state index in [0.29, 0.717) is 5.69 Å². The summed E-state index contributed by atoms with van der Waals surface area (Å²) in [5.74, 6) is -1.95. The first-order valence-electron chi connectivity index (χ1n) is 9.15. The van der Waals surface area contributed by atoms with Gasteiger partial charge in [-0.1, -0.05) is 48.5 Å². The molecule has 1 amide bonds. The average Bonchev–Trinajstić information content (AvgIpc) is 3.28. The van der Waals surface area contributed by atoms with Crippen LogP contribution in [0.25, 0.3) is 11.1 Å². The van der Waals surface area contributed by atoms with Crippen molar-refractivity contribution in [3.63, 3.8) is 0 Å². The molecule has 5 rings (SSSR count). The van der Waals surface area contributed by atoms with Crippen molar-refractivity contribution in [2.75, 3.05) is 4.90 Å². The summed E-state index contributed by atoms with van der Waals surface area (Å²) in [6, 6.07) is 21.9. The lowest BCUT2D eigenvalue weighted by Crippen LogP contribution is -2.38. The topological polar surface area (TPSA) is 20.3 Å². The molecule has 1 unspecified atom stereocenters. The number of amides is 1. The normalized spacial score (nSPS) is 15.0. The zero-order valence-corrected chi connectivity index (χ0v) is 16.0. The molecule has 4 aromatic rings. The summed E-state index contributed by atoms with van der Waals surface area (Å²) in [7, 11) is 0. The van der Waals surface area contributed by atoms with Gasteiger partial charge in [0.25, 0.3) is 5.91 Å². The molecule has 0 bridgehead atoms. The number of carbonyl (C=O) groups excluding carboxylic acids is 1. The molecule has 0 spiro atoms. The van der Waals surface area contributed by atoms with Crippen LogP contribution in [0.5, 0.6) is 0 Å². The first-order chi connectivity index (χ1) is 14.1.